The van der Waals surface area contributed by atoms with E-state index in [2.05, 4.69) is 36.2 Å². The molecule has 0 spiro atoms. The molecule has 2 N–H and O–H groups in total. The minimum Gasteiger partial charge on any atom is -0.330 e. The summed E-state index contributed by atoms with van der Waals surface area (Å²) in [5, 5.41) is 0. The minimum absolute atomic E-state index is 0.764. The second kappa shape index (κ2) is 6.18. The Morgan fingerprint density at radius 2 is 1.94 bits per heavy atom. The van der Waals surface area contributed by atoms with E-state index in [0.29, 0.717) is 0 Å². The fraction of sp³-hybridized carbons (Fsp3) is 0.600. The van der Waals surface area contributed by atoms with E-state index < -0.39 is 0 Å². The first-order valence-electron chi connectivity index (χ1n) is 6.77. The van der Waals surface area contributed by atoms with Crippen LogP contribution in [-0.4, -0.2) is 31.6 Å². The number of rotatable bonds is 4. The van der Waals surface area contributed by atoms with Crippen LogP contribution in [0, 0.1) is 0 Å². The van der Waals surface area contributed by atoms with E-state index in [1.807, 2.05) is 0 Å². The van der Waals surface area contributed by atoms with Gasteiger partial charge in [0, 0.05) is 0 Å². The topological polar surface area (TPSA) is 29.3 Å². The molecule has 0 saturated carbocycles. The molecule has 1 saturated heterocycles. The van der Waals surface area contributed by atoms with E-state index in [1.165, 1.54) is 31.5 Å². The molecule has 1 fully saturated rings. The summed E-state index contributed by atoms with van der Waals surface area (Å²) in [7, 11) is 2.22. The second-order valence-corrected chi connectivity index (χ2v) is 5.17. The zero-order chi connectivity index (χ0) is 12.1. The van der Waals surface area contributed by atoms with Crippen LogP contribution in [0.5, 0.6) is 0 Å². The number of hydrogen-bond acceptors (Lipinski definition) is 2. The Morgan fingerprint density at radius 1 is 1.24 bits per heavy atom. The van der Waals surface area contributed by atoms with Gasteiger partial charge in [-0.15, -0.1) is 0 Å². The van der Waals surface area contributed by atoms with E-state index in [0.717, 1.165) is 25.3 Å². The van der Waals surface area contributed by atoms with Crippen molar-refractivity contribution in [3.63, 3.8) is 0 Å². The van der Waals surface area contributed by atoms with E-state index in [9.17, 15) is 0 Å². The van der Waals surface area contributed by atoms with Gasteiger partial charge in [0.2, 0.25) is 0 Å². The van der Waals surface area contributed by atoms with Crippen LogP contribution in [-0.2, 0) is 6.42 Å². The van der Waals surface area contributed by atoms with Crippen LogP contribution in [0.4, 0.5) is 0 Å². The van der Waals surface area contributed by atoms with E-state index in [-0.39, 0.29) is 0 Å². The van der Waals surface area contributed by atoms with Crippen LogP contribution in [0.3, 0.4) is 0 Å². The number of aryl methyl sites for hydroxylation is 1. The molecular formula is C15H24N2. The number of benzene rings is 1. The molecule has 94 valence electrons. The van der Waals surface area contributed by atoms with Crippen molar-refractivity contribution in [1.82, 2.24) is 4.90 Å². The molecular weight excluding hydrogens is 208 g/mol. The Labute approximate surface area is 105 Å². The van der Waals surface area contributed by atoms with Gasteiger partial charge in [-0.2, -0.15) is 0 Å². The Hall–Kier alpha value is -0.860. The van der Waals surface area contributed by atoms with Crippen molar-refractivity contribution in [3.05, 3.63) is 35.4 Å². The first kappa shape index (κ1) is 12.6. The average molecular weight is 232 g/mol. The molecule has 17 heavy (non-hydrogen) atoms. The molecule has 0 unspecified atom stereocenters. The summed E-state index contributed by atoms with van der Waals surface area (Å²) in [6, 6.07) is 8.94. The van der Waals surface area contributed by atoms with Gasteiger partial charge in [-0.1, -0.05) is 24.3 Å². The molecule has 1 aliphatic heterocycles. The van der Waals surface area contributed by atoms with E-state index in [1.54, 1.807) is 5.56 Å². The molecule has 0 atom stereocenters. The predicted molar refractivity (Wildman–Crippen MR) is 73.3 cm³/mol. The fourth-order valence-electron chi connectivity index (χ4n) is 2.77. The summed E-state index contributed by atoms with van der Waals surface area (Å²) in [4.78, 5) is 2.43. The van der Waals surface area contributed by atoms with Crippen LogP contribution in [0.1, 0.15) is 36.3 Å². The summed E-state index contributed by atoms with van der Waals surface area (Å²) in [5.41, 5.74) is 8.72. The van der Waals surface area contributed by atoms with Gasteiger partial charge < -0.3 is 10.6 Å². The minimum atomic E-state index is 0.764. The molecule has 2 nitrogen and oxygen atoms in total. The summed E-state index contributed by atoms with van der Waals surface area (Å²) >= 11 is 0. The highest BCUT2D eigenvalue weighted by Gasteiger charge is 2.19. The third-order valence-corrected chi connectivity index (χ3v) is 3.86. The summed E-state index contributed by atoms with van der Waals surface area (Å²) < 4.78 is 0. The van der Waals surface area contributed by atoms with Gasteiger partial charge in [-0.25, -0.2) is 0 Å². The summed E-state index contributed by atoms with van der Waals surface area (Å²) in [5.74, 6) is 0.764. The highest BCUT2D eigenvalue weighted by Crippen LogP contribution is 2.30. The Morgan fingerprint density at radius 3 is 2.65 bits per heavy atom. The lowest BCUT2D eigenvalue weighted by molar-refractivity contribution is 0.255. The Balaban J connectivity index is 2.08. The van der Waals surface area contributed by atoms with Gasteiger partial charge in [-0.3, -0.25) is 0 Å². The first-order valence-corrected chi connectivity index (χ1v) is 6.77. The van der Waals surface area contributed by atoms with Crippen LogP contribution in [0.2, 0.25) is 0 Å². The van der Waals surface area contributed by atoms with Gasteiger partial charge in [0.05, 0.1) is 0 Å². The monoisotopic (exact) mass is 232 g/mol. The normalized spacial score (nSPS) is 18.5. The highest BCUT2D eigenvalue weighted by atomic mass is 15.1. The van der Waals surface area contributed by atoms with Crippen molar-refractivity contribution < 1.29 is 0 Å². The van der Waals surface area contributed by atoms with Crippen molar-refractivity contribution in [2.24, 2.45) is 5.73 Å². The summed E-state index contributed by atoms with van der Waals surface area (Å²) in [6.45, 7) is 3.26. The van der Waals surface area contributed by atoms with Crippen molar-refractivity contribution in [2.45, 2.75) is 31.6 Å². The molecule has 1 aromatic carbocycles. The second-order valence-electron chi connectivity index (χ2n) is 5.17. The van der Waals surface area contributed by atoms with Gasteiger partial charge in [-0.05, 0) is 69.4 Å². The van der Waals surface area contributed by atoms with Crippen LogP contribution < -0.4 is 5.73 Å². The maximum atomic E-state index is 5.62. The van der Waals surface area contributed by atoms with E-state index in [4.69, 9.17) is 5.73 Å². The average Bonchev–Trinajstić information content (AvgIpc) is 2.38. The maximum absolute atomic E-state index is 5.62. The smallest absolute Gasteiger partial charge is 0.00159 e. The number of hydrogen-bond donors (Lipinski definition) is 1. The Bertz CT molecular complexity index is 341. The Kier molecular flexibility index (Phi) is 4.57. The molecule has 1 heterocycles. The molecule has 2 rings (SSSR count). The molecule has 0 amide bonds. The molecule has 0 radical (unpaired) electrons. The predicted octanol–water partition coefficient (Wildman–Crippen LogP) is 2.39. The summed E-state index contributed by atoms with van der Waals surface area (Å²) in [6.07, 6.45) is 4.84. The molecule has 1 aliphatic rings. The fourth-order valence-corrected chi connectivity index (χ4v) is 2.77. The lowest BCUT2D eigenvalue weighted by atomic mass is 9.85. The lowest BCUT2D eigenvalue weighted by Gasteiger charge is -2.30. The third-order valence-electron chi connectivity index (χ3n) is 3.86. The van der Waals surface area contributed by atoms with Gasteiger partial charge in [0.15, 0.2) is 0 Å². The number of piperidine rings is 1. The van der Waals surface area contributed by atoms with Crippen LogP contribution in [0.25, 0.3) is 0 Å². The zero-order valence-electron chi connectivity index (χ0n) is 10.9. The van der Waals surface area contributed by atoms with Gasteiger partial charge in [0.1, 0.15) is 0 Å². The molecule has 1 aromatic rings. The van der Waals surface area contributed by atoms with Crippen LogP contribution in [0.15, 0.2) is 24.3 Å². The van der Waals surface area contributed by atoms with Crippen molar-refractivity contribution >= 4 is 0 Å². The number of nitrogens with zero attached hydrogens (tertiary/aromatic N) is 1. The lowest BCUT2D eigenvalue weighted by Crippen LogP contribution is -2.29. The largest absolute Gasteiger partial charge is 0.330 e. The quantitative estimate of drug-likeness (QED) is 0.863. The standard InChI is InChI=1S/C15H24N2/c1-17-11-8-14(9-12-17)15-7-3-2-5-13(15)6-4-10-16/h2-3,5,7,14H,4,6,8-12,16H2,1H3. The highest BCUT2D eigenvalue weighted by molar-refractivity contribution is 5.31. The van der Waals surface area contributed by atoms with Gasteiger partial charge in [0.25, 0.3) is 0 Å². The molecule has 0 aliphatic carbocycles. The van der Waals surface area contributed by atoms with Gasteiger partial charge >= 0.3 is 0 Å². The van der Waals surface area contributed by atoms with E-state index >= 15 is 0 Å². The maximum Gasteiger partial charge on any atom is -0.00159 e. The zero-order valence-corrected chi connectivity index (χ0v) is 10.9. The number of likely N-dealkylation sites (tertiary alicyclic amines) is 1. The molecule has 0 aromatic heterocycles. The first-order chi connectivity index (χ1) is 8.31. The van der Waals surface area contributed by atoms with Crippen molar-refractivity contribution in [3.8, 4) is 0 Å². The number of nitrogens with two attached hydrogens (primary N) is 1. The molecule has 0 bridgehead atoms. The van der Waals surface area contributed by atoms with Crippen LogP contribution >= 0.6 is 0 Å². The SMILES string of the molecule is CN1CCC(c2ccccc2CCCN)CC1. The van der Waals surface area contributed by atoms with Crippen molar-refractivity contribution in [2.75, 3.05) is 26.7 Å². The third kappa shape index (κ3) is 3.30. The van der Waals surface area contributed by atoms with Crippen molar-refractivity contribution in [1.29, 1.82) is 0 Å². The molecule has 2 heteroatoms.